The molecule has 3 rings (SSSR count). The van der Waals surface area contributed by atoms with Gasteiger partial charge in [-0.3, -0.25) is 0 Å². The van der Waals surface area contributed by atoms with Crippen LogP contribution in [0.3, 0.4) is 0 Å². The van der Waals surface area contributed by atoms with Crippen LogP contribution in [0.4, 0.5) is 4.79 Å². The van der Waals surface area contributed by atoms with Gasteiger partial charge < -0.3 is 14.5 Å². The zero-order valence-corrected chi connectivity index (χ0v) is 14.7. The Morgan fingerprint density at radius 3 is 2.76 bits per heavy atom. The number of carbonyl (C=O) groups is 1. The van der Waals surface area contributed by atoms with E-state index >= 15 is 0 Å². The summed E-state index contributed by atoms with van der Waals surface area (Å²) in [5.74, 6) is 0.151. The van der Waals surface area contributed by atoms with Crippen molar-refractivity contribution in [3.8, 4) is 0 Å². The van der Waals surface area contributed by atoms with Gasteiger partial charge in [0.15, 0.2) is 0 Å². The summed E-state index contributed by atoms with van der Waals surface area (Å²) >= 11 is 1.28. The molecule has 0 fully saturated rings. The molecule has 130 valence electrons. The fourth-order valence-electron chi connectivity index (χ4n) is 2.36. The fraction of sp³-hybridized carbons (Fsp3) is 0.278. The maximum atomic E-state index is 12.1. The van der Waals surface area contributed by atoms with Crippen molar-refractivity contribution in [1.82, 2.24) is 10.3 Å². The van der Waals surface area contributed by atoms with Crippen LogP contribution in [0.5, 0.6) is 0 Å². The molecule has 0 radical (unpaired) electrons. The van der Waals surface area contributed by atoms with Crippen molar-refractivity contribution in [1.29, 1.82) is 0 Å². The van der Waals surface area contributed by atoms with Crippen molar-refractivity contribution in [2.75, 3.05) is 0 Å². The molecule has 0 bridgehead atoms. The number of hydrogen-bond acceptors (Lipinski definition) is 6. The van der Waals surface area contributed by atoms with E-state index in [1.54, 1.807) is 11.4 Å². The first-order chi connectivity index (χ1) is 12.0. The third-order valence-electron chi connectivity index (χ3n) is 3.68. The predicted molar refractivity (Wildman–Crippen MR) is 95.5 cm³/mol. The number of hydrogen-bond donors (Lipinski definition) is 1. The minimum atomic E-state index is -0.586. The molecular formula is C18H18N2O4S. The van der Waals surface area contributed by atoms with Gasteiger partial charge in [-0.2, -0.15) is 0 Å². The maximum absolute atomic E-state index is 12.1. The monoisotopic (exact) mass is 358 g/mol. The highest BCUT2D eigenvalue weighted by molar-refractivity contribution is 7.17. The van der Waals surface area contributed by atoms with E-state index in [4.69, 9.17) is 9.15 Å². The number of thiophene rings is 1. The van der Waals surface area contributed by atoms with Crippen molar-refractivity contribution >= 4 is 27.6 Å². The summed E-state index contributed by atoms with van der Waals surface area (Å²) in [6.07, 6.45) is -0.586. The number of nitrogens with one attached hydrogen (secondary N) is 1. The van der Waals surface area contributed by atoms with Gasteiger partial charge in [0.25, 0.3) is 0 Å². The third kappa shape index (κ3) is 4.06. The molecule has 25 heavy (non-hydrogen) atoms. The number of nitrogens with zero attached hydrogens (tertiary/aromatic N) is 1. The second-order valence-electron chi connectivity index (χ2n) is 5.90. The minimum absolute atomic E-state index is 0.0315. The van der Waals surface area contributed by atoms with Crippen LogP contribution in [0.1, 0.15) is 31.3 Å². The standard InChI is InChI=1S/C18H18N2O4S/c1-11(2)14(16-19-13-8-9-25-15(13)17(21)24-16)20-18(22)23-10-12-6-4-3-5-7-12/h3-9,11,14H,10H2,1-2H3,(H,20,22). The lowest BCUT2D eigenvalue weighted by atomic mass is 10.0. The van der Waals surface area contributed by atoms with Gasteiger partial charge in [-0.05, 0) is 22.9 Å². The summed E-state index contributed by atoms with van der Waals surface area (Å²) in [6.45, 7) is 3.97. The SMILES string of the molecule is CC(C)C(NC(=O)OCc1ccccc1)c1nc2ccsc2c(=O)o1. The average molecular weight is 358 g/mol. The molecule has 1 atom stereocenters. The van der Waals surface area contributed by atoms with Gasteiger partial charge in [-0.15, -0.1) is 11.3 Å². The number of amides is 1. The van der Waals surface area contributed by atoms with Crippen LogP contribution >= 0.6 is 11.3 Å². The van der Waals surface area contributed by atoms with Gasteiger partial charge in [-0.1, -0.05) is 44.2 Å². The quantitative estimate of drug-likeness (QED) is 0.749. The van der Waals surface area contributed by atoms with E-state index in [1.807, 2.05) is 44.2 Å². The number of ether oxygens (including phenoxy) is 1. The molecule has 1 unspecified atom stereocenters. The molecule has 3 aromatic rings. The molecule has 0 aliphatic heterocycles. The van der Waals surface area contributed by atoms with Crippen molar-refractivity contribution < 1.29 is 13.9 Å². The Morgan fingerprint density at radius 2 is 2.04 bits per heavy atom. The summed E-state index contributed by atoms with van der Waals surface area (Å²) in [7, 11) is 0. The lowest BCUT2D eigenvalue weighted by Gasteiger charge is -2.20. The number of alkyl carbamates (subject to hydrolysis) is 1. The molecule has 2 heterocycles. The number of fused-ring (bicyclic) bond motifs is 1. The van der Waals surface area contributed by atoms with E-state index in [-0.39, 0.29) is 18.4 Å². The zero-order valence-electron chi connectivity index (χ0n) is 13.9. The molecule has 2 aromatic heterocycles. The Kier molecular flexibility index (Phi) is 5.14. The minimum Gasteiger partial charge on any atom is -0.445 e. The van der Waals surface area contributed by atoms with Gasteiger partial charge in [0, 0.05) is 0 Å². The van der Waals surface area contributed by atoms with Crippen LogP contribution in [0.2, 0.25) is 0 Å². The van der Waals surface area contributed by atoms with Crippen LogP contribution < -0.4 is 10.9 Å². The largest absolute Gasteiger partial charge is 0.445 e. The average Bonchev–Trinajstić information content (AvgIpc) is 3.07. The fourth-order valence-corrected chi connectivity index (χ4v) is 3.07. The first kappa shape index (κ1) is 17.2. The van der Waals surface area contributed by atoms with Crippen molar-refractivity contribution in [2.24, 2.45) is 5.92 Å². The molecule has 0 saturated carbocycles. The number of benzene rings is 1. The molecule has 7 heteroatoms. The molecule has 1 N–H and O–H groups in total. The van der Waals surface area contributed by atoms with Crippen LogP contribution in [0.15, 0.2) is 51.0 Å². The highest BCUT2D eigenvalue weighted by Gasteiger charge is 2.24. The first-order valence-electron chi connectivity index (χ1n) is 7.90. The first-order valence-corrected chi connectivity index (χ1v) is 8.78. The Morgan fingerprint density at radius 1 is 1.28 bits per heavy atom. The normalized spacial score (nSPS) is 12.3. The third-order valence-corrected chi connectivity index (χ3v) is 4.56. The highest BCUT2D eigenvalue weighted by atomic mass is 32.1. The Labute approximate surface area is 148 Å². The second kappa shape index (κ2) is 7.48. The lowest BCUT2D eigenvalue weighted by molar-refractivity contribution is 0.129. The van der Waals surface area contributed by atoms with E-state index in [1.165, 1.54) is 11.3 Å². The van der Waals surface area contributed by atoms with E-state index in [0.29, 0.717) is 10.2 Å². The predicted octanol–water partition coefficient (Wildman–Crippen LogP) is 3.87. The summed E-state index contributed by atoms with van der Waals surface area (Å²) < 4.78 is 11.0. The molecule has 0 aliphatic rings. The van der Waals surface area contributed by atoms with Gasteiger partial charge >= 0.3 is 11.7 Å². The van der Waals surface area contributed by atoms with Crippen LogP contribution in [0.25, 0.3) is 10.2 Å². The Bertz CT molecular complexity index is 917. The second-order valence-corrected chi connectivity index (χ2v) is 6.82. The lowest BCUT2D eigenvalue weighted by Crippen LogP contribution is -2.33. The Hall–Kier alpha value is -2.67. The summed E-state index contributed by atoms with van der Waals surface area (Å²) in [4.78, 5) is 28.5. The van der Waals surface area contributed by atoms with Crippen molar-refractivity contribution in [3.05, 3.63) is 63.7 Å². The number of aromatic nitrogens is 1. The van der Waals surface area contributed by atoms with Gasteiger partial charge in [0.2, 0.25) is 5.89 Å². The molecule has 0 saturated heterocycles. The maximum Gasteiger partial charge on any atom is 0.408 e. The van der Waals surface area contributed by atoms with E-state index in [0.717, 1.165) is 5.56 Å². The summed E-state index contributed by atoms with van der Waals surface area (Å²) in [6, 6.07) is 10.6. The van der Waals surface area contributed by atoms with Crippen LogP contribution in [0, 0.1) is 5.92 Å². The van der Waals surface area contributed by atoms with Crippen LogP contribution in [-0.2, 0) is 11.3 Å². The highest BCUT2D eigenvalue weighted by Crippen LogP contribution is 2.23. The summed E-state index contributed by atoms with van der Waals surface area (Å²) in [5, 5.41) is 4.52. The number of rotatable bonds is 5. The van der Waals surface area contributed by atoms with Gasteiger partial charge in [-0.25, -0.2) is 14.6 Å². The van der Waals surface area contributed by atoms with Crippen LogP contribution in [-0.4, -0.2) is 11.1 Å². The zero-order chi connectivity index (χ0) is 17.8. The molecule has 1 aromatic carbocycles. The van der Waals surface area contributed by atoms with Crippen molar-refractivity contribution in [3.63, 3.8) is 0 Å². The molecule has 0 spiro atoms. The summed E-state index contributed by atoms with van der Waals surface area (Å²) in [5.41, 5.74) is 1.02. The van der Waals surface area contributed by atoms with Crippen molar-refractivity contribution in [2.45, 2.75) is 26.5 Å². The van der Waals surface area contributed by atoms with E-state index in [2.05, 4.69) is 10.3 Å². The van der Waals surface area contributed by atoms with E-state index in [9.17, 15) is 9.59 Å². The van der Waals surface area contributed by atoms with E-state index < -0.39 is 17.8 Å². The topological polar surface area (TPSA) is 81.4 Å². The van der Waals surface area contributed by atoms with Gasteiger partial charge in [0.1, 0.15) is 17.3 Å². The van der Waals surface area contributed by atoms with Gasteiger partial charge in [0.05, 0.1) is 5.52 Å². The molecular weight excluding hydrogens is 340 g/mol. The number of carbonyl (C=O) groups excluding carboxylic acids is 1. The Balaban J connectivity index is 1.74. The molecule has 0 aliphatic carbocycles. The smallest absolute Gasteiger partial charge is 0.408 e. The molecule has 1 amide bonds. The molecule has 6 nitrogen and oxygen atoms in total.